The Kier molecular flexibility index (Phi) is 9.05. The number of primary amides is 1. The molecule has 1 aliphatic rings. The zero-order chi connectivity index (χ0) is 16.7. The van der Waals surface area contributed by atoms with E-state index in [1.165, 1.54) is 0 Å². The minimum Gasteiger partial charge on any atom is -0.393 e. The molecule has 1 aromatic carbocycles. The molecule has 0 aromatic heterocycles. The first-order chi connectivity index (χ1) is 11.1. The monoisotopic (exact) mass is 446 g/mol. The lowest BCUT2D eigenvalue weighted by molar-refractivity contribution is 0.1000. The minimum atomic E-state index is -0.429. The van der Waals surface area contributed by atoms with Gasteiger partial charge in [-0.1, -0.05) is 12.1 Å². The second-order valence-corrected chi connectivity index (χ2v) is 5.91. The maximum atomic E-state index is 11.2. The number of benzene rings is 1. The predicted molar refractivity (Wildman–Crippen MR) is 107 cm³/mol. The number of aliphatic hydroxyl groups is 1. The highest BCUT2D eigenvalue weighted by atomic mass is 127. The van der Waals surface area contributed by atoms with Gasteiger partial charge in [0.2, 0.25) is 5.91 Å². The lowest BCUT2D eigenvalue weighted by atomic mass is 9.93. The number of aliphatic hydroxyl groups excluding tert-OH is 1. The minimum absolute atomic E-state index is 0. The van der Waals surface area contributed by atoms with Crippen molar-refractivity contribution >= 4 is 35.8 Å². The Labute approximate surface area is 160 Å². The van der Waals surface area contributed by atoms with E-state index in [-0.39, 0.29) is 30.1 Å². The molecule has 0 spiro atoms. The Hall–Kier alpha value is -1.35. The standard InChI is InChI=1S/C17H26N4O2.HI/c1-2-19-17(21-14-6-8-15(22)9-7-14)20-11-12-4-3-5-13(10-12)16(18)23;/h3-5,10,14-15,22H,2,6-9,11H2,1H3,(H2,18,23)(H2,19,20,21);1H. The summed E-state index contributed by atoms with van der Waals surface area (Å²) in [7, 11) is 0. The van der Waals surface area contributed by atoms with Crippen LogP contribution >= 0.6 is 24.0 Å². The molecule has 0 radical (unpaired) electrons. The number of nitrogens with one attached hydrogen (secondary N) is 2. The zero-order valence-corrected chi connectivity index (χ0v) is 16.3. The molecule has 5 N–H and O–H groups in total. The third-order valence-corrected chi connectivity index (χ3v) is 4.01. The van der Waals surface area contributed by atoms with Crippen LogP contribution in [-0.4, -0.2) is 35.7 Å². The highest BCUT2D eigenvalue weighted by Gasteiger charge is 2.19. The molecule has 1 aliphatic carbocycles. The van der Waals surface area contributed by atoms with E-state index in [4.69, 9.17) is 5.73 Å². The van der Waals surface area contributed by atoms with Crippen LogP contribution in [0.2, 0.25) is 0 Å². The topological polar surface area (TPSA) is 99.7 Å². The molecule has 2 rings (SSSR count). The van der Waals surface area contributed by atoms with E-state index in [9.17, 15) is 9.90 Å². The lowest BCUT2D eigenvalue weighted by Crippen LogP contribution is -2.45. The molecule has 134 valence electrons. The summed E-state index contributed by atoms with van der Waals surface area (Å²) in [5.41, 5.74) is 6.74. The van der Waals surface area contributed by atoms with Crippen LogP contribution in [0.15, 0.2) is 29.3 Å². The normalized spacial score (nSPS) is 20.8. The molecule has 1 aromatic rings. The molecule has 1 saturated carbocycles. The fourth-order valence-electron chi connectivity index (χ4n) is 2.73. The van der Waals surface area contributed by atoms with E-state index in [0.29, 0.717) is 18.2 Å². The number of aliphatic imine (C=N–C) groups is 1. The van der Waals surface area contributed by atoms with Crippen LogP contribution in [-0.2, 0) is 6.54 Å². The molecule has 0 atom stereocenters. The summed E-state index contributed by atoms with van der Waals surface area (Å²) >= 11 is 0. The van der Waals surface area contributed by atoms with Crippen molar-refractivity contribution in [1.29, 1.82) is 0 Å². The summed E-state index contributed by atoms with van der Waals surface area (Å²) in [4.78, 5) is 15.8. The number of guanidine groups is 1. The molecule has 0 aliphatic heterocycles. The van der Waals surface area contributed by atoms with Gasteiger partial charge in [-0.25, -0.2) is 4.99 Å². The lowest BCUT2D eigenvalue weighted by Gasteiger charge is -2.27. The van der Waals surface area contributed by atoms with Crippen LogP contribution in [0.25, 0.3) is 0 Å². The van der Waals surface area contributed by atoms with E-state index in [1.54, 1.807) is 12.1 Å². The Morgan fingerprint density at radius 1 is 1.33 bits per heavy atom. The maximum absolute atomic E-state index is 11.2. The third kappa shape index (κ3) is 6.64. The number of halogens is 1. The largest absolute Gasteiger partial charge is 0.393 e. The average Bonchev–Trinajstić information content (AvgIpc) is 2.55. The number of carbonyl (C=O) groups is 1. The number of amides is 1. The molecule has 0 bridgehead atoms. The van der Waals surface area contributed by atoms with Crippen molar-refractivity contribution in [2.75, 3.05) is 6.54 Å². The molecule has 0 unspecified atom stereocenters. The highest BCUT2D eigenvalue weighted by molar-refractivity contribution is 14.0. The van der Waals surface area contributed by atoms with E-state index >= 15 is 0 Å². The fourth-order valence-corrected chi connectivity index (χ4v) is 2.73. The summed E-state index contributed by atoms with van der Waals surface area (Å²) in [6.45, 7) is 3.28. The summed E-state index contributed by atoms with van der Waals surface area (Å²) in [6, 6.07) is 7.55. The van der Waals surface area contributed by atoms with Gasteiger partial charge in [-0.15, -0.1) is 24.0 Å². The van der Waals surface area contributed by atoms with Crippen LogP contribution in [0, 0.1) is 0 Å². The van der Waals surface area contributed by atoms with Crippen molar-refractivity contribution in [2.45, 2.75) is 51.3 Å². The molecular weight excluding hydrogens is 419 g/mol. The molecule has 24 heavy (non-hydrogen) atoms. The predicted octanol–water partition coefficient (Wildman–Crippen LogP) is 1.76. The second-order valence-electron chi connectivity index (χ2n) is 5.91. The number of rotatable bonds is 5. The number of nitrogens with two attached hydrogens (primary N) is 1. The SMILES string of the molecule is CCNC(=NCc1cccc(C(N)=O)c1)NC1CCC(O)CC1.I. The van der Waals surface area contributed by atoms with Gasteiger partial charge in [-0.05, 0) is 50.3 Å². The second kappa shape index (κ2) is 10.5. The van der Waals surface area contributed by atoms with Gasteiger partial charge in [0.05, 0.1) is 12.6 Å². The van der Waals surface area contributed by atoms with Gasteiger partial charge in [-0.2, -0.15) is 0 Å². The Balaban J connectivity index is 0.00000288. The summed E-state index contributed by atoms with van der Waals surface area (Å²) in [6.07, 6.45) is 3.39. The summed E-state index contributed by atoms with van der Waals surface area (Å²) < 4.78 is 0. The Morgan fingerprint density at radius 3 is 2.67 bits per heavy atom. The highest BCUT2D eigenvalue weighted by Crippen LogP contribution is 2.18. The van der Waals surface area contributed by atoms with Gasteiger partial charge >= 0.3 is 0 Å². The average molecular weight is 446 g/mol. The maximum Gasteiger partial charge on any atom is 0.248 e. The first-order valence-corrected chi connectivity index (χ1v) is 8.20. The van der Waals surface area contributed by atoms with E-state index in [2.05, 4.69) is 15.6 Å². The quantitative estimate of drug-likeness (QED) is 0.315. The van der Waals surface area contributed by atoms with Gasteiger partial charge < -0.3 is 21.5 Å². The van der Waals surface area contributed by atoms with Crippen LogP contribution in [0.4, 0.5) is 0 Å². The Bertz CT molecular complexity index is 557. The van der Waals surface area contributed by atoms with Crippen molar-refractivity contribution in [3.05, 3.63) is 35.4 Å². The van der Waals surface area contributed by atoms with Crippen molar-refractivity contribution in [1.82, 2.24) is 10.6 Å². The first-order valence-electron chi connectivity index (χ1n) is 8.20. The smallest absolute Gasteiger partial charge is 0.248 e. The van der Waals surface area contributed by atoms with Crippen LogP contribution in [0.1, 0.15) is 48.5 Å². The molecule has 0 heterocycles. The molecule has 0 saturated heterocycles. The van der Waals surface area contributed by atoms with Gasteiger partial charge in [0, 0.05) is 18.2 Å². The summed E-state index contributed by atoms with van der Waals surface area (Å²) in [5, 5.41) is 16.2. The third-order valence-electron chi connectivity index (χ3n) is 4.01. The molecule has 1 fully saturated rings. The van der Waals surface area contributed by atoms with Crippen molar-refractivity contribution in [3.63, 3.8) is 0 Å². The van der Waals surface area contributed by atoms with Crippen molar-refractivity contribution < 1.29 is 9.90 Å². The molecule has 1 amide bonds. The van der Waals surface area contributed by atoms with E-state index < -0.39 is 5.91 Å². The van der Waals surface area contributed by atoms with Crippen molar-refractivity contribution in [2.24, 2.45) is 10.7 Å². The van der Waals surface area contributed by atoms with E-state index in [0.717, 1.165) is 43.8 Å². The van der Waals surface area contributed by atoms with Gasteiger partial charge in [0.1, 0.15) is 0 Å². The van der Waals surface area contributed by atoms with Crippen LogP contribution < -0.4 is 16.4 Å². The van der Waals surface area contributed by atoms with Gasteiger partial charge in [0.25, 0.3) is 0 Å². The molecule has 6 nitrogen and oxygen atoms in total. The van der Waals surface area contributed by atoms with Crippen LogP contribution in [0.5, 0.6) is 0 Å². The number of hydrogen-bond acceptors (Lipinski definition) is 3. The fraction of sp³-hybridized carbons (Fsp3) is 0.529. The first kappa shape index (κ1) is 20.7. The number of hydrogen-bond donors (Lipinski definition) is 4. The van der Waals surface area contributed by atoms with Gasteiger partial charge in [0.15, 0.2) is 5.96 Å². The summed E-state index contributed by atoms with van der Waals surface area (Å²) in [5.74, 6) is 0.333. The Morgan fingerprint density at radius 2 is 2.04 bits per heavy atom. The molecular formula is C17H27IN4O2. The molecule has 7 heteroatoms. The van der Waals surface area contributed by atoms with Crippen molar-refractivity contribution in [3.8, 4) is 0 Å². The number of nitrogens with zero attached hydrogens (tertiary/aromatic N) is 1. The zero-order valence-electron chi connectivity index (χ0n) is 14.0. The van der Waals surface area contributed by atoms with Gasteiger partial charge in [-0.3, -0.25) is 4.79 Å². The number of carbonyl (C=O) groups excluding carboxylic acids is 1. The van der Waals surface area contributed by atoms with Crippen LogP contribution in [0.3, 0.4) is 0 Å². The van der Waals surface area contributed by atoms with E-state index in [1.807, 2.05) is 19.1 Å².